The van der Waals surface area contributed by atoms with Crippen LogP contribution in [0.15, 0.2) is 42.5 Å². The normalized spacial score (nSPS) is 10.3. The van der Waals surface area contributed by atoms with Crippen LogP contribution in [0, 0.1) is 0 Å². The first-order valence-electron chi connectivity index (χ1n) is 6.54. The molecule has 0 heterocycles. The molecule has 0 radical (unpaired) electrons. The van der Waals surface area contributed by atoms with Crippen molar-refractivity contribution in [2.24, 2.45) is 0 Å². The molecule has 0 unspecified atom stereocenters. The number of aryl methyl sites for hydroxylation is 1. The van der Waals surface area contributed by atoms with Crippen molar-refractivity contribution in [3.63, 3.8) is 0 Å². The fraction of sp³-hybridized carbons (Fsp3) is 0.188. The van der Waals surface area contributed by atoms with E-state index in [0.29, 0.717) is 6.42 Å². The van der Waals surface area contributed by atoms with Crippen LogP contribution in [0.1, 0.15) is 22.3 Å². The zero-order valence-corrected chi connectivity index (χ0v) is 11.3. The number of hydrogen-bond acceptors (Lipinski definition) is 5. The Morgan fingerprint density at radius 1 is 1.00 bits per heavy atom. The lowest BCUT2D eigenvalue weighted by Crippen LogP contribution is -2.07. The van der Waals surface area contributed by atoms with Gasteiger partial charge in [0.05, 0.1) is 12.2 Å². The summed E-state index contributed by atoms with van der Waals surface area (Å²) in [6.45, 7) is 0.232. The molecule has 0 aliphatic rings. The summed E-state index contributed by atoms with van der Waals surface area (Å²) in [6, 6.07) is 11.9. The third kappa shape index (κ3) is 3.89. The van der Waals surface area contributed by atoms with Gasteiger partial charge in [0.1, 0.15) is 0 Å². The van der Waals surface area contributed by atoms with Crippen LogP contribution in [-0.2, 0) is 11.2 Å². The van der Waals surface area contributed by atoms with E-state index >= 15 is 0 Å². The van der Waals surface area contributed by atoms with Gasteiger partial charge < -0.3 is 20.1 Å². The number of ether oxygens (including phenoxy) is 1. The molecule has 0 aromatic heterocycles. The molecule has 5 heteroatoms. The van der Waals surface area contributed by atoms with Gasteiger partial charge in [0.15, 0.2) is 17.2 Å². The van der Waals surface area contributed by atoms with Gasteiger partial charge in [0.2, 0.25) is 0 Å². The molecule has 110 valence electrons. The van der Waals surface area contributed by atoms with Crippen LogP contribution in [0.3, 0.4) is 0 Å². The van der Waals surface area contributed by atoms with E-state index in [2.05, 4.69) is 0 Å². The first-order chi connectivity index (χ1) is 10.1. The molecule has 0 saturated carbocycles. The van der Waals surface area contributed by atoms with Crippen LogP contribution in [0.25, 0.3) is 0 Å². The maximum absolute atomic E-state index is 11.7. The molecule has 0 bridgehead atoms. The molecule has 0 amide bonds. The summed E-state index contributed by atoms with van der Waals surface area (Å²) in [7, 11) is 0. The highest BCUT2D eigenvalue weighted by molar-refractivity contribution is 5.91. The lowest BCUT2D eigenvalue weighted by molar-refractivity contribution is 0.0499. The zero-order chi connectivity index (χ0) is 15.2. The number of phenolic OH excluding ortho intramolecular Hbond substituents is 3. The van der Waals surface area contributed by atoms with Crippen molar-refractivity contribution in [3.8, 4) is 17.2 Å². The van der Waals surface area contributed by atoms with Crippen molar-refractivity contribution in [3.05, 3.63) is 53.6 Å². The van der Waals surface area contributed by atoms with Crippen molar-refractivity contribution >= 4 is 5.97 Å². The highest BCUT2D eigenvalue weighted by Gasteiger charge is 2.14. The van der Waals surface area contributed by atoms with Gasteiger partial charge in [-0.15, -0.1) is 0 Å². The third-order valence-electron chi connectivity index (χ3n) is 2.99. The second-order valence-corrected chi connectivity index (χ2v) is 4.59. The largest absolute Gasteiger partial charge is 0.504 e. The van der Waals surface area contributed by atoms with Gasteiger partial charge in [-0.1, -0.05) is 30.3 Å². The molecule has 2 aromatic rings. The summed E-state index contributed by atoms with van der Waals surface area (Å²) in [4.78, 5) is 11.7. The Hall–Kier alpha value is -2.69. The number of aromatic hydroxyl groups is 3. The van der Waals surface area contributed by atoms with E-state index in [1.165, 1.54) is 0 Å². The zero-order valence-electron chi connectivity index (χ0n) is 11.3. The van der Waals surface area contributed by atoms with E-state index in [0.717, 1.165) is 24.1 Å². The molecule has 3 N–H and O–H groups in total. The van der Waals surface area contributed by atoms with Gasteiger partial charge in [0.25, 0.3) is 0 Å². The Labute approximate surface area is 122 Å². The smallest absolute Gasteiger partial charge is 0.338 e. The minimum absolute atomic E-state index is 0.0116. The molecule has 2 aromatic carbocycles. The number of hydrogen-bond donors (Lipinski definition) is 3. The lowest BCUT2D eigenvalue weighted by Gasteiger charge is -2.07. The highest BCUT2D eigenvalue weighted by Crippen LogP contribution is 2.35. The van der Waals surface area contributed by atoms with Crippen molar-refractivity contribution in [1.82, 2.24) is 0 Å². The molecular weight excluding hydrogens is 272 g/mol. The maximum Gasteiger partial charge on any atom is 0.338 e. The fourth-order valence-electron chi connectivity index (χ4n) is 1.89. The number of phenols is 3. The number of esters is 1. The van der Waals surface area contributed by atoms with Crippen molar-refractivity contribution in [2.45, 2.75) is 12.8 Å². The van der Waals surface area contributed by atoms with Gasteiger partial charge in [-0.05, 0) is 30.5 Å². The van der Waals surface area contributed by atoms with E-state index in [-0.39, 0.29) is 12.2 Å². The van der Waals surface area contributed by atoms with Crippen LogP contribution in [-0.4, -0.2) is 27.9 Å². The fourth-order valence-corrected chi connectivity index (χ4v) is 1.89. The van der Waals surface area contributed by atoms with E-state index in [1.54, 1.807) is 0 Å². The summed E-state index contributed by atoms with van der Waals surface area (Å²) in [5.74, 6) is -2.44. The second kappa shape index (κ2) is 6.65. The van der Waals surface area contributed by atoms with Crippen molar-refractivity contribution in [1.29, 1.82) is 0 Å². The van der Waals surface area contributed by atoms with Crippen LogP contribution < -0.4 is 0 Å². The number of carbonyl (C=O) groups excluding carboxylic acids is 1. The van der Waals surface area contributed by atoms with Gasteiger partial charge >= 0.3 is 5.97 Å². The third-order valence-corrected chi connectivity index (χ3v) is 2.99. The number of rotatable bonds is 5. The van der Waals surface area contributed by atoms with Gasteiger partial charge in [0, 0.05) is 0 Å². The van der Waals surface area contributed by atoms with Crippen molar-refractivity contribution in [2.75, 3.05) is 6.61 Å². The summed E-state index contributed by atoms with van der Waals surface area (Å²) < 4.78 is 5.06. The topological polar surface area (TPSA) is 87.0 Å². The number of carbonyl (C=O) groups is 1. The standard InChI is InChI=1S/C16H16O5/c17-13-9-12(10-14(18)15(13)19)16(20)21-8-4-7-11-5-2-1-3-6-11/h1-3,5-6,9-10,17-19H,4,7-8H2. The Bertz CT molecular complexity index is 599. The van der Waals surface area contributed by atoms with Gasteiger partial charge in [-0.2, -0.15) is 0 Å². The Kier molecular flexibility index (Phi) is 4.66. The molecule has 5 nitrogen and oxygen atoms in total. The quantitative estimate of drug-likeness (QED) is 0.447. The predicted molar refractivity (Wildman–Crippen MR) is 76.5 cm³/mol. The van der Waals surface area contributed by atoms with Gasteiger partial charge in [-0.3, -0.25) is 0 Å². The van der Waals surface area contributed by atoms with Crippen LogP contribution in [0.2, 0.25) is 0 Å². The molecular formula is C16H16O5. The van der Waals surface area contributed by atoms with Crippen LogP contribution in [0.4, 0.5) is 0 Å². The van der Waals surface area contributed by atoms with E-state index < -0.39 is 23.2 Å². The average Bonchev–Trinajstić information content (AvgIpc) is 2.49. The molecule has 0 spiro atoms. The minimum atomic E-state index is -0.659. The Morgan fingerprint density at radius 2 is 1.62 bits per heavy atom. The molecule has 0 saturated heterocycles. The maximum atomic E-state index is 11.7. The Morgan fingerprint density at radius 3 is 2.24 bits per heavy atom. The molecule has 0 aliphatic carbocycles. The Balaban J connectivity index is 1.85. The molecule has 0 atom stereocenters. The minimum Gasteiger partial charge on any atom is -0.504 e. The highest BCUT2D eigenvalue weighted by atomic mass is 16.5. The van der Waals surface area contributed by atoms with E-state index in [9.17, 15) is 20.1 Å². The van der Waals surface area contributed by atoms with Gasteiger partial charge in [-0.25, -0.2) is 4.79 Å². The predicted octanol–water partition coefficient (Wildman–Crippen LogP) is 2.59. The SMILES string of the molecule is O=C(OCCCc1ccccc1)c1cc(O)c(O)c(O)c1. The van der Waals surface area contributed by atoms with Crippen LogP contribution in [0.5, 0.6) is 17.2 Å². The summed E-state index contributed by atoms with van der Waals surface area (Å²) in [5.41, 5.74) is 1.15. The molecule has 21 heavy (non-hydrogen) atoms. The average molecular weight is 288 g/mol. The summed E-state index contributed by atoms with van der Waals surface area (Å²) >= 11 is 0. The van der Waals surface area contributed by atoms with Crippen LogP contribution >= 0.6 is 0 Å². The summed E-state index contributed by atoms with van der Waals surface area (Å²) in [5, 5.41) is 27.9. The number of benzene rings is 2. The molecule has 0 fully saturated rings. The van der Waals surface area contributed by atoms with E-state index in [4.69, 9.17) is 4.74 Å². The van der Waals surface area contributed by atoms with E-state index in [1.807, 2.05) is 30.3 Å². The first-order valence-corrected chi connectivity index (χ1v) is 6.54. The molecule has 2 rings (SSSR count). The monoisotopic (exact) mass is 288 g/mol. The lowest BCUT2D eigenvalue weighted by atomic mass is 10.1. The first kappa shape index (κ1) is 14.7. The summed E-state index contributed by atoms with van der Waals surface area (Å²) in [6.07, 6.45) is 1.46. The second-order valence-electron chi connectivity index (χ2n) is 4.59. The van der Waals surface area contributed by atoms with Crippen molar-refractivity contribution < 1.29 is 24.9 Å². The molecule has 0 aliphatic heterocycles.